The number of hydrogen-bond donors (Lipinski definition) is 0. The Hall–Kier alpha value is -1.10. The fourth-order valence-electron chi connectivity index (χ4n) is 1.08. The maximum absolute atomic E-state index is 11.2. The Morgan fingerprint density at radius 2 is 1.69 bits per heavy atom. The summed E-state index contributed by atoms with van der Waals surface area (Å²) < 4.78 is 4.54. The lowest BCUT2D eigenvalue weighted by atomic mass is 10.1. The second-order valence-electron chi connectivity index (χ2n) is 3.05. The Labute approximate surface area is 77.6 Å². The van der Waals surface area contributed by atoms with Gasteiger partial charge in [0.05, 0.1) is 14.2 Å². The summed E-state index contributed by atoms with van der Waals surface area (Å²) in [7, 11) is 2.59. The molecule has 0 aromatic carbocycles. The van der Waals surface area contributed by atoms with E-state index in [1.54, 1.807) is 13.8 Å². The van der Waals surface area contributed by atoms with Crippen LogP contribution in [-0.2, 0) is 19.2 Å². The number of rotatable bonds is 3. The van der Waals surface area contributed by atoms with Crippen molar-refractivity contribution >= 4 is 11.9 Å². The van der Waals surface area contributed by atoms with Gasteiger partial charge in [-0.2, -0.15) is 0 Å². The predicted molar refractivity (Wildman–Crippen MR) is 45.6 cm³/mol. The Bertz CT molecular complexity index is 212. The van der Waals surface area contributed by atoms with Gasteiger partial charge in [-0.1, -0.05) is 0 Å². The summed E-state index contributed by atoms with van der Waals surface area (Å²) in [5.74, 6) is -0.873. The van der Waals surface area contributed by atoms with Crippen LogP contribution in [0, 0.1) is 0 Å². The average Bonchev–Trinajstić information content (AvgIpc) is 2.02. The molecule has 0 aliphatic rings. The highest BCUT2D eigenvalue weighted by molar-refractivity contribution is 5.85. The molecular weight excluding hydrogens is 174 g/mol. The lowest BCUT2D eigenvalue weighted by Gasteiger charge is -2.32. The van der Waals surface area contributed by atoms with Crippen LogP contribution in [-0.4, -0.2) is 36.7 Å². The number of nitrogens with zero attached hydrogens (tertiary/aromatic N) is 1. The van der Waals surface area contributed by atoms with E-state index in [1.807, 2.05) is 0 Å². The Morgan fingerprint density at radius 3 is 1.92 bits per heavy atom. The molecule has 0 N–H and O–H groups in total. The number of hydrogen-bond acceptors (Lipinski definition) is 4. The molecule has 0 aliphatic carbocycles. The Kier molecular flexibility index (Phi) is 3.87. The standard InChI is InChI=1S/C8H15NO4/c1-6(10)9(13-5)8(2,3)7(11)12-4/h1-5H3. The van der Waals surface area contributed by atoms with Crippen molar-refractivity contribution in [1.29, 1.82) is 0 Å². The molecule has 0 heterocycles. The van der Waals surface area contributed by atoms with Crippen molar-refractivity contribution in [3.63, 3.8) is 0 Å². The molecular formula is C8H15NO4. The third-order valence-corrected chi connectivity index (χ3v) is 1.66. The van der Waals surface area contributed by atoms with E-state index in [-0.39, 0.29) is 5.91 Å². The zero-order chi connectivity index (χ0) is 10.6. The summed E-state index contributed by atoms with van der Waals surface area (Å²) in [6.07, 6.45) is 0. The van der Waals surface area contributed by atoms with Crippen LogP contribution < -0.4 is 0 Å². The number of hydroxylamine groups is 2. The molecule has 0 saturated heterocycles. The maximum Gasteiger partial charge on any atom is 0.333 e. The van der Waals surface area contributed by atoms with E-state index in [2.05, 4.69) is 4.74 Å². The minimum atomic E-state index is -1.10. The topological polar surface area (TPSA) is 55.8 Å². The van der Waals surface area contributed by atoms with E-state index < -0.39 is 11.5 Å². The van der Waals surface area contributed by atoms with Gasteiger partial charge in [0.25, 0.3) is 0 Å². The summed E-state index contributed by atoms with van der Waals surface area (Å²) in [6.45, 7) is 4.40. The maximum atomic E-state index is 11.2. The first kappa shape index (κ1) is 11.9. The molecule has 5 heteroatoms. The van der Waals surface area contributed by atoms with Crippen molar-refractivity contribution in [3.8, 4) is 0 Å². The molecule has 5 nitrogen and oxygen atoms in total. The second kappa shape index (κ2) is 4.23. The highest BCUT2D eigenvalue weighted by Gasteiger charge is 2.38. The van der Waals surface area contributed by atoms with Gasteiger partial charge in [-0.05, 0) is 13.8 Å². The number of ether oxygens (including phenoxy) is 1. The van der Waals surface area contributed by atoms with Crippen LogP contribution in [0.4, 0.5) is 0 Å². The molecule has 0 saturated carbocycles. The Morgan fingerprint density at radius 1 is 1.23 bits per heavy atom. The normalized spacial score (nSPS) is 10.8. The highest BCUT2D eigenvalue weighted by atomic mass is 16.7. The van der Waals surface area contributed by atoms with Gasteiger partial charge in [-0.25, -0.2) is 9.86 Å². The monoisotopic (exact) mass is 189 g/mol. The SMILES string of the molecule is COC(=O)C(C)(C)N(OC)C(C)=O. The van der Waals surface area contributed by atoms with Crippen LogP contribution in [0.1, 0.15) is 20.8 Å². The van der Waals surface area contributed by atoms with Crippen LogP contribution in [0.3, 0.4) is 0 Å². The van der Waals surface area contributed by atoms with Crippen molar-refractivity contribution in [2.75, 3.05) is 14.2 Å². The third kappa shape index (κ3) is 2.42. The molecule has 0 radical (unpaired) electrons. The molecule has 0 unspecified atom stereocenters. The third-order valence-electron chi connectivity index (χ3n) is 1.66. The van der Waals surface area contributed by atoms with Crippen molar-refractivity contribution in [1.82, 2.24) is 5.06 Å². The van der Waals surface area contributed by atoms with E-state index in [0.29, 0.717) is 0 Å². The van der Waals surface area contributed by atoms with Gasteiger partial charge in [-0.3, -0.25) is 9.63 Å². The summed E-state index contributed by atoms with van der Waals surface area (Å²) in [6, 6.07) is 0. The molecule has 0 aliphatic heterocycles. The number of carbonyl (C=O) groups is 2. The van der Waals surface area contributed by atoms with E-state index in [4.69, 9.17) is 4.84 Å². The zero-order valence-electron chi connectivity index (χ0n) is 8.58. The molecule has 0 fully saturated rings. The summed E-state index contributed by atoms with van der Waals surface area (Å²) >= 11 is 0. The molecule has 0 bridgehead atoms. The van der Waals surface area contributed by atoms with Gasteiger partial charge in [0.2, 0.25) is 5.91 Å². The minimum Gasteiger partial charge on any atom is -0.467 e. The first-order chi connectivity index (χ1) is 5.87. The summed E-state index contributed by atoms with van der Waals surface area (Å²) in [5.41, 5.74) is -1.10. The van der Waals surface area contributed by atoms with Crippen LogP contribution in [0.25, 0.3) is 0 Å². The van der Waals surface area contributed by atoms with E-state index >= 15 is 0 Å². The number of esters is 1. The van der Waals surface area contributed by atoms with Gasteiger partial charge >= 0.3 is 5.97 Å². The molecule has 1 amide bonds. The fraction of sp³-hybridized carbons (Fsp3) is 0.750. The van der Waals surface area contributed by atoms with Crippen LogP contribution in [0.5, 0.6) is 0 Å². The van der Waals surface area contributed by atoms with Crippen molar-refractivity contribution < 1.29 is 19.2 Å². The van der Waals surface area contributed by atoms with Gasteiger partial charge in [0, 0.05) is 6.92 Å². The molecule has 0 rings (SSSR count). The van der Waals surface area contributed by atoms with Crippen molar-refractivity contribution in [3.05, 3.63) is 0 Å². The van der Waals surface area contributed by atoms with Crippen molar-refractivity contribution in [2.45, 2.75) is 26.3 Å². The molecule has 0 spiro atoms. The van der Waals surface area contributed by atoms with Crippen LogP contribution >= 0.6 is 0 Å². The molecule has 0 aromatic heterocycles. The van der Waals surface area contributed by atoms with E-state index in [9.17, 15) is 9.59 Å². The van der Waals surface area contributed by atoms with Gasteiger partial charge in [0.1, 0.15) is 0 Å². The van der Waals surface area contributed by atoms with Gasteiger partial charge in [0.15, 0.2) is 5.54 Å². The molecule has 13 heavy (non-hydrogen) atoms. The summed E-state index contributed by atoms with van der Waals surface area (Å²) in [4.78, 5) is 27.1. The minimum absolute atomic E-state index is 0.349. The summed E-state index contributed by atoms with van der Waals surface area (Å²) in [5, 5.41) is 0.971. The molecule has 0 atom stereocenters. The van der Waals surface area contributed by atoms with E-state index in [0.717, 1.165) is 5.06 Å². The first-order valence-corrected chi connectivity index (χ1v) is 3.81. The Balaban J connectivity index is 4.76. The van der Waals surface area contributed by atoms with Crippen LogP contribution in [0.15, 0.2) is 0 Å². The zero-order valence-corrected chi connectivity index (χ0v) is 8.58. The predicted octanol–water partition coefficient (Wildman–Crippen LogP) is 0.348. The molecule has 0 aromatic rings. The van der Waals surface area contributed by atoms with E-state index in [1.165, 1.54) is 21.1 Å². The smallest absolute Gasteiger partial charge is 0.333 e. The van der Waals surface area contributed by atoms with Crippen LogP contribution in [0.2, 0.25) is 0 Å². The second-order valence-corrected chi connectivity index (χ2v) is 3.05. The van der Waals surface area contributed by atoms with Crippen molar-refractivity contribution in [2.24, 2.45) is 0 Å². The lowest BCUT2D eigenvalue weighted by molar-refractivity contribution is -0.211. The van der Waals surface area contributed by atoms with Gasteiger partial charge in [-0.15, -0.1) is 0 Å². The average molecular weight is 189 g/mol. The fourth-order valence-corrected chi connectivity index (χ4v) is 1.08. The van der Waals surface area contributed by atoms with Gasteiger partial charge < -0.3 is 4.74 Å². The number of carbonyl (C=O) groups excluding carboxylic acids is 2. The largest absolute Gasteiger partial charge is 0.467 e. The lowest BCUT2D eigenvalue weighted by Crippen LogP contribution is -2.52. The molecule has 76 valence electrons. The number of amides is 1. The highest BCUT2D eigenvalue weighted by Crippen LogP contribution is 2.16. The quantitative estimate of drug-likeness (QED) is 0.474. The number of methoxy groups -OCH3 is 1. The first-order valence-electron chi connectivity index (χ1n) is 3.81.